The maximum absolute atomic E-state index is 10.3. The summed E-state index contributed by atoms with van der Waals surface area (Å²) in [7, 11) is 5.47. The number of aliphatic carboxylic acids is 1. The highest BCUT2D eigenvalue weighted by Gasteiger charge is 2.12. The van der Waals surface area contributed by atoms with E-state index in [4.69, 9.17) is 9.84 Å². The summed E-state index contributed by atoms with van der Waals surface area (Å²) in [4.78, 5) is 12.2. The SMILES string of the molecule is CC.COCC(CCC(=O)O)N(C)C. The van der Waals surface area contributed by atoms with Gasteiger partial charge < -0.3 is 14.7 Å². The van der Waals surface area contributed by atoms with Gasteiger partial charge in [0, 0.05) is 19.6 Å². The van der Waals surface area contributed by atoms with Gasteiger partial charge in [-0.25, -0.2) is 0 Å². The Morgan fingerprint density at radius 1 is 1.43 bits per heavy atom. The van der Waals surface area contributed by atoms with Crippen LogP contribution in [-0.2, 0) is 9.53 Å². The molecule has 0 aliphatic heterocycles. The molecule has 0 fully saturated rings. The summed E-state index contributed by atoms with van der Waals surface area (Å²) in [5.74, 6) is -0.752. The van der Waals surface area contributed by atoms with E-state index in [2.05, 4.69) is 0 Å². The van der Waals surface area contributed by atoms with Gasteiger partial charge in [0.15, 0.2) is 0 Å². The Hall–Kier alpha value is -0.610. The standard InChI is InChI=1S/C8H17NO3.C2H6/c1-9(2)7(6-12-3)4-5-8(10)11;1-2/h7H,4-6H2,1-3H3,(H,10,11);1-2H3. The van der Waals surface area contributed by atoms with Crippen LogP contribution in [-0.4, -0.2) is 49.8 Å². The predicted octanol–water partition coefficient (Wildman–Crippen LogP) is 1.45. The third kappa shape index (κ3) is 9.48. The molecule has 0 aromatic rings. The number of ether oxygens (including phenoxy) is 1. The number of methoxy groups -OCH3 is 1. The average Bonchev–Trinajstić information content (AvgIpc) is 2.14. The molecule has 0 radical (unpaired) electrons. The number of likely N-dealkylation sites (N-methyl/N-ethyl adjacent to an activating group) is 1. The van der Waals surface area contributed by atoms with Crippen molar-refractivity contribution in [3.8, 4) is 0 Å². The normalized spacial score (nSPS) is 11.9. The molecule has 0 amide bonds. The van der Waals surface area contributed by atoms with Crippen molar-refractivity contribution in [3.63, 3.8) is 0 Å². The van der Waals surface area contributed by atoms with Crippen molar-refractivity contribution < 1.29 is 14.6 Å². The molecule has 0 aromatic carbocycles. The van der Waals surface area contributed by atoms with Crippen molar-refractivity contribution >= 4 is 5.97 Å². The molecule has 1 N–H and O–H groups in total. The molecule has 0 aliphatic carbocycles. The zero-order valence-electron chi connectivity index (χ0n) is 9.91. The Bertz CT molecular complexity index is 137. The van der Waals surface area contributed by atoms with E-state index >= 15 is 0 Å². The van der Waals surface area contributed by atoms with Gasteiger partial charge in [-0.1, -0.05) is 13.8 Å². The number of carboxylic acid groups (broad SMARTS) is 1. The highest BCUT2D eigenvalue weighted by molar-refractivity contribution is 5.66. The van der Waals surface area contributed by atoms with Gasteiger partial charge in [-0.05, 0) is 20.5 Å². The largest absolute Gasteiger partial charge is 0.481 e. The smallest absolute Gasteiger partial charge is 0.303 e. The first kappa shape index (κ1) is 15.8. The van der Waals surface area contributed by atoms with E-state index in [-0.39, 0.29) is 12.5 Å². The molecule has 0 heterocycles. The van der Waals surface area contributed by atoms with Crippen LogP contribution < -0.4 is 0 Å². The number of hydrogen-bond donors (Lipinski definition) is 1. The molecule has 1 unspecified atom stereocenters. The zero-order chi connectivity index (χ0) is 11.6. The van der Waals surface area contributed by atoms with Crippen LogP contribution in [0.25, 0.3) is 0 Å². The molecule has 4 nitrogen and oxygen atoms in total. The second-order valence-electron chi connectivity index (χ2n) is 3.01. The lowest BCUT2D eigenvalue weighted by Gasteiger charge is -2.22. The van der Waals surface area contributed by atoms with E-state index in [9.17, 15) is 4.79 Å². The summed E-state index contributed by atoms with van der Waals surface area (Å²) in [6, 6.07) is 0.200. The fraction of sp³-hybridized carbons (Fsp3) is 0.900. The Labute approximate surface area is 86.9 Å². The Balaban J connectivity index is 0. The summed E-state index contributed by atoms with van der Waals surface area (Å²) in [6.45, 7) is 4.58. The van der Waals surface area contributed by atoms with E-state index in [0.29, 0.717) is 13.0 Å². The van der Waals surface area contributed by atoms with Gasteiger partial charge in [0.25, 0.3) is 0 Å². The Morgan fingerprint density at radius 3 is 2.21 bits per heavy atom. The van der Waals surface area contributed by atoms with Crippen molar-refractivity contribution in [2.24, 2.45) is 0 Å². The molecule has 86 valence electrons. The first-order chi connectivity index (χ1) is 6.57. The minimum absolute atomic E-state index is 0.200. The van der Waals surface area contributed by atoms with Crippen molar-refractivity contribution in [1.29, 1.82) is 0 Å². The number of carboxylic acids is 1. The molecule has 0 bridgehead atoms. The topological polar surface area (TPSA) is 49.8 Å². The van der Waals surface area contributed by atoms with Crippen LogP contribution in [0.3, 0.4) is 0 Å². The molecule has 0 saturated carbocycles. The molecule has 0 rings (SSSR count). The lowest BCUT2D eigenvalue weighted by atomic mass is 10.1. The van der Waals surface area contributed by atoms with Crippen LogP contribution >= 0.6 is 0 Å². The Kier molecular flexibility index (Phi) is 11.9. The van der Waals surface area contributed by atoms with Gasteiger partial charge in [-0.15, -0.1) is 0 Å². The van der Waals surface area contributed by atoms with Gasteiger partial charge in [-0.2, -0.15) is 0 Å². The maximum atomic E-state index is 10.3. The third-order valence-electron chi connectivity index (χ3n) is 1.78. The van der Waals surface area contributed by atoms with E-state index in [1.807, 2.05) is 32.8 Å². The van der Waals surface area contributed by atoms with E-state index < -0.39 is 5.97 Å². The van der Waals surface area contributed by atoms with Crippen molar-refractivity contribution in [2.75, 3.05) is 27.8 Å². The van der Waals surface area contributed by atoms with Crippen molar-refractivity contribution in [1.82, 2.24) is 4.90 Å². The van der Waals surface area contributed by atoms with Gasteiger partial charge >= 0.3 is 5.97 Å². The monoisotopic (exact) mass is 205 g/mol. The second kappa shape index (κ2) is 10.5. The van der Waals surface area contributed by atoms with Crippen LogP contribution in [0, 0.1) is 0 Å². The summed E-state index contributed by atoms with van der Waals surface area (Å²) < 4.78 is 4.96. The third-order valence-corrected chi connectivity index (χ3v) is 1.78. The minimum atomic E-state index is -0.752. The van der Waals surface area contributed by atoms with E-state index in [0.717, 1.165) is 0 Å². The lowest BCUT2D eigenvalue weighted by Crippen LogP contribution is -2.32. The van der Waals surface area contributed by atoms with Crippen molar-refractivity contribution in [2.45, 2.75) is 32.7 Å². The number of nitrogens with zero attached hydrogens (tertiary/aromatic N) is 1. The van der Waals surface area contributed by atoms with Gasteiger partial charge in [-0.3, -0.25) is 4.79 Å². The molecule has 0 spiro atoms. The quantitative estimate of drug-likeness (QED) is 0.713. The molecule has 0 aromatic heterocycles. The molecule has 14 heavy (non-hydrogen) atoms. The predicted molar refractivity (Wildman–Crippen MR) is 57.6 cm³/mol. The van der Waals surface area contributed by atoms with Gasteiger partial charge in [0.05, 0.1) is 6.61 Å². The molecule has 0 aliphatic rings. The number of rotatable bonds is 6. The summed E-state index contributed by atoms with van der Waals surface area (Å²) in [5, 5.41) is 8.45. The molecular weight excluding hydrogens is 182 g/mol. The Morgan fingerprint density at radius 2 is 1.93 bits per heavy atom. The average molecular weight is 205 g/mol. The van der Waals surface area contributed by atoms with Crippen LogP contribution in [0.5, 0.6) is 0 Å². The summed E-state index contributed by atoms with van der Waals surface area (Å²) >= 11 is 0. The first-order valence-electron chi connectivity index (χ1n) is 4.95. The fourth-order valence-corrected chi connectivity index (χ4v) is 0.973. The molecule has 1 atom stereocenters. The van der Waals surface area contributed by atoms with E-state index in [1.165, 1.54) is 0 Å². The van der Waals surface area contributed by atoms with E-state index in [1.54, 1.807) is 7.11 Å². The molecule has 0 saturated heterocycles. The number of carbonyl (C=O) groups is 1. The van der Waals surface area contributed by atoms with Crippen molar-refractivity contribution in [3.05, 3.63) is 0 Å². The molecular formula is C10H23NO3. The van der Waals surface area contributed by atoms with Gasteiger partial charge in [0.2, 0.25) is 0 Å². The highest BCUT2D eigenvalue weighted by atomic mass is 16.5. The maximum Gasteiger partial charge on any atom is 0.303 e. The lowest BCUT2D eigenvalue weighted by molar-refractivity contribution is -0.137. The summed E-state index contributed by atoms with van der Waals surface area (Å²) in [5.41, 5.74) is 0. The van der Waals surface area contributed by atoms with Crippen LogP contribution in [0.15, 0.2) is 0 Å². The van der Waals surface area contributed by atoms with Crippen LogP contribution in [0.2, 0.25) is 0 Å². The molecule has 4 heteroatoms. The first-order valence-corrected chi connectivity index (χ1v) is 4.95. The fourth-order valence-electron chi connectivity index (χ4n) is 0.973. The number of hydrogen-bond acceptors (Lipinski definition) is 3. The highest BCUT2D eigenvalue weighted by Crippen LogP contribution is 2.03. The summed E-state index contributed by atoms with van der Waals surface area (Å²) in [6.07, 6.45) is 0.836. The van der Waals surface area contributed by atoms with Crippen LogP contribution in [0.4, 0.5) is 0 Å². The minimum Gasteiger partial charge on any atom is -0.481 e. The second-order valence-corrected chi connectivity index (χ2v) is 3.01. The van der Waals surface area contributed by atoms with Gasteiger partial charge in [0.1, 0.15) is 0 Å². The zero-order valence-corrected chi connectivity index (χ0v) is 9.91. The van der Waals surface area contributed by atoms with Crippen LogP contribution in [0.1, 0.15) is 26.7 Å².